The van der Waals surface area contributed by atoms with Gasteiger partial charge in [-0.15, -0.1) is 0 Å². The number of aliphatic carboxylic acids is 1. The Morgan fingerprint density at radius 2 is 1.59 bits per heavy atom. The van der Waals surface area contributed by atoms with Crippen LogP contribution in [0.4, 0.5) is 0 Å². The number of phosphoric ester groups is 1. The van der Waals surface area contributed by atoms with Crippen molar-refractivity contribution in [2.45, 2.75) is 24.4 Å². The van der Waals surface area contributed by atoms with E-state index in [0.717, 1.165) is 0 Å². The summed E-state index contributed by atoms with van der Waals surface area (Å²) in [6.45, 7) is -1.05. The minimum Gasteiger partial charge on any atom is -0.479 e. The van der Waals surface area contributed by atoms with Crippen LogP contribution in [0.2, 0.25) is 0 Å². The molecule has 7 N–H and O–H groups in total. The minimum atomic E-state index is -4.86. The van der Waals surface area contributed by atoms with Gasteiger partial charge in [-0.05, 0) is 0 Å². The number of aliphatic hydroxyl groups is 4. The number of carbonyl (C=O) groups is 1. The van der Waals surface area contributed by atoms with E-state index in [2.05, 4.69) is 4.52 Å². The molecule has 11 heteroatoms. The molecule has 0 bridgehead atoms. The molecule has 0 rings (SSSR count). The molecular weight excluding hydrogens is 263 g/mol. The first-order chi connectivity index (χ1) is 7.56. The third-order valence-corrected chi connectivity index (χ3v) is 2.22. The molecule has 0 unspecified atom stereocenters. The van der Waals surface area contributed by atoms with Gasteiger partial charge in [-0.2, -0.15) is 0 Å². The number of hydrogen-bond acceptors (Lipinski definition) is 7. The van der Waals surface area contributed by atoms with Crippen molar-refractivity contribution in [1.29, 1.82) is 0 Å². The van der Waals surface area contributed by atoms with E-state index in [-0.39, 0.29) is 0 Å². The Labute approximate surface area is 94.9 Å². The summed E-state index contributed by atoms with van der Waals surface area (Å²) in [6, 6.07) is 0. The lowest BCUT2D eigenvalue weighted by atomic mass is 10.0. The average Bonchev–Trinajstić information content (AvgIpc) is 2.21. The lowest BCUT2D eigenvalue weighted by Gasteiger charge is -2.24. The van der Waals surface area contributed by atoms with Crippen LogP contribution < -0.4 is 0 Å². The zero-order valence-corrected chi connectivity index (χ0v) is 9.21. The van der Waals surface area contributed by atoms with Gasteiger partial charge >= 0.3 is 13.8 Å². The smallest absolute Gasteiger partial charge is 0.469 e. The number of aliphatic hydroxyl groups excluding tert-OH is 4. The first kappa shape index (κ1) is 16.4. The number of carboxylic acid groups (broad SMARTS) is 1. The van der Waals surface area contributed by atoms with E-state index in [1.165, 1.54) is 0 Å². The fourth-order valence-electron chi connectivity index (χ4n) is 0.833. The van der Waals surface area contributed by atoms with Crippen molar-refractivity contribution in [2.75, 3.05) is 6.61 Å². The van der Waals surface area contributed by atoms with Crippen molar-refractivity contribution in [2.24, 2.45) is 0 Å². The van der Waals surface area contributed by atoms with Crippen molar-refractivity contribution < 1.29 is 49.2 Å². The summed E-state index contributed by atoms with van der Waals surface area (Å²) < 4.78 is 14.1. The van der Waals surface area contributed by atoms with Gasteiger partial charge in [0.25, 0.3) is 0 Å². The fraction of sp³-hybridized carbons (Fsp3) is 0.833. The van der Waals surface area contributed by atoms with Crippen LogP contribution in [-0.4, -0.2) is 72.3 Å². The standard InChI is InChI=1S/C6H13O10P/c7-2(1-16-17(13,14)15)3(8)4(9)5(10)6(11)12/h2-5,7-10H,1H2,(H,11,12)(H2,13,14,15)/t2-,3-,4+,5-/m0/s1. The predicted molar refractivity (Wildman–Crippen MR) is 49.7 cm³/mol. The molecule has 0 saturated carbocycles. The number of hydrogen-bond donors (Lipinski definition) is 7. The molecule has 0 amide bonds. The second-order valence-corrected chi connectivity index (χ2v) is 4.36. The van der Waals surface area contributed by atoms with E-state index in [9.17, 15) is 9.36 Å². The van der Waals surface area contributed by atoms with Gasteiger partial charge in [0, 0.05) is 0 Å². The summed E-state index contributed by atoms with van der Waals surface area (Å²) >= 11 is 0. The molecule has 102 valence electrons. The maximum atomic E-state index is 10.2. The Bertz CT molecular complexity index is 299. The summed E-state index contributed by atoms with van der Waals surface area (Å²) in [5.41, 5.74) is 0. The Hall–Kier alpha value is -0.580. The van der Waals surface area contributed by atoms with Crippen LogP contribution in [0.3, 0.4) is 0 Å². The zero-order valence-electron chi connectivity index (χ0n) is 8.32. The Morgan fingerprint density at radius 1 is 1.12 bits per heavy atom. The average molecular weight is 276 g/mol. The molecule has 0 heterocycles. The van der Waals surface area contributed by atoms with E-state index in [0.29, 0.717) is 0 Å². The fourth-order valence-corrected chi connectivity index (χ4v) is 1.18. The van der Waals surface area contributed by atoms with Crippen LogP contribution in [0.5, 0.6) is 0 Å². The normalized spacial score (nSPS) is 19.4. The van der Waals surface area contributed by atoms with Gasteiger partial charge in [0.15, 0.2) is 6.10 Å². The van der Waals surface area contributed by atoms with Crippen LogP contribution in [0.25, 0.3) is 0 Å². The van der Waals surface area contributed by atoms with E-state index in [1.54, 1.807) is 0 Å². The summed E-state index contributed by atoms with van der Waals surface area (Å²) in [5.74, 6) is -1.83. The van der Waals surface area contributed by atoms with Crippen LogP contribution in [0.1, 0.15) is 0 Å². The highest BCUT2D eigenvalue weighted by atomic mass is 31.2. The number of carboxylic acids is 1. The highest BCUT2D eigenvalue weighted by Gasteiger charge is 2.35. The van der Waals surface area contributed by atoms with Crippen LogP contribution in [-0.2, 0) is 13.9 Å². The second kappa shape index (κ2) is 6.38. The van der Waals surface area contributed by atoms with E-state index in [1.807, 2.05) is 0 Å². The van der Waals surface area contributed by atoms with Gasteiger partial charge < -0.3 is 35.3 Å². The Kier molecular flexibility index (Phi) is 6.16. The van der Waals surface area contributed by atoms with Gasteiger partial charge in [-0.25, -0.2) is 9.36 Å². The Balaban J connectivity index is 4.34. The molecule has 0 aromatic heterocycles. The van der Waals surface area contributed by atoms with Crippen LogP contribution >= 0.6 is 7.82 Å². The third kappa shape index (κ3) is 6.05. The van der Waals surface area contributed by atoms with Crippen molar-refractivity contribution in [3.8, 4) is 0 Å². The molecule has 4 atom stereocenters. The molecule has 0 aliphatic carbocycles. The summed E-state index contributed by atoms with van der Waals surface area (Å²) in [5, 5.41) is 44.4. The van der Waals surface area contributed by atoms with E-state index in [4.69, 9.17) is 35.3 Å². The number of rotatable bonds is 7. The molecule has 0 aromatic carbocycles. The first-order valence-corrected chi connectivity index (χ1v) is 5.74. The molecule has 17 heavy (non-hydrogen) atoms. The molecule has 0 aromatic rings. The molecule has 0 aliphatic heterocycles. The van der Waals surface area contributed by atoms with Gasteiger partial charge in [-0.1, -0.05) is 0 Å². The summed E-state index contributed by atoms with van der Waals surface area (Å²) in [7, 11) is -4.86. The van der Waals surface area contributed by atoms with Crippen molar-refractivity contribution in [3.05, 3.63) is 0 Å². The monoisotopic (exact) mass is 276 g/mol. The highest BCUT2D eigenvalue weighted by Crippen LogP contribution is 2.35. The molecule has 0 aliphatic rings. The van der Waals surface area contributed by atoms with Gasteiger partial charge in [-0.3, -0.25) is 4.52 Å². The maximum Gasteiger partial charge on any atom is 0.469 e. The predicted octanol–water partition coefficient (Wildman–Crippen LogP) is -3.38. The SMILES string of the molecule is O=C(O)[C@@H](O)[C@H](O)[C@@H](O)[C@@H](O)COP(=O)(O)O. The van der Waals surface area contributed by atoms with Crippen molar-refractivity contribution >= 4 is 13.8 Å². The summed E-state index contributed by atoms with van der Waals surface area (Å²) in [6.07, 6.45) is -8.71. The maximum absolute atomic E-state index is 10.2. The van der Waals surface area contributed by atoms with Gasteiger partial charge in [0.1, 0.15) is 18.3 Å². The molecule has 0 spiro atoms. The van der Waals surface area contributed by atoms with Crippen LogP contribution in [0.15, 0.2) is 0 Å². The zero-order chi connectivity index (χ0) is 13.8. The van der Waals surface area contributed by atoms with Crippen LogP contribution in [0, 0.1) is 0 Å². The molecule has 0 fully saturated rings. The third-order valence-electron chi connectivity index (χ3n) is 1.73. The largest absolute Gasteiger partial charge is 0.479 e. The van der Waals surface area contributed by atoms with Gasteiger partial charge in [0.2, 0.25) is 0 Å². The molecular formula is C6H13O10P. The van der Waals surface area contributed by atoms with Crippen molar-refractivity contribution in [1.82, 2.24) is 0 Å². The lowest BCUT2D eigenvalue weighted by molar-refractivity contribution is -0.164. The van der Waals surface area contributed by atoms with Crippen molar-refractivity contribution in [3.63, 3.8) is 0 Å². The van der Waals surface area contributed by atoms with E-state index >= 15 is 0 Å². The lowest BCUT2D eigenvalue weighted by Crippen LogP contribution is -2.48. The highest BCUT2D eigenvalue weighted by molar-refractivity contribution is 7.46. The molecule has 10 nitrogen and oxygen atoms in total. The topological polar surface area (TPSA) is 185 Å². The molecule has 0 radical (unpaired) electrons. The number of phosphoric acid groups is 1. The second-order valence-electron chi connectivity index (χ2n) is 3.12. The quantitative estimate of drug-likeness (QED) is 0.231. The molecule has 0 saturated heterocycles. The Morgan fingerprint density at radius 3 is 1.94 bits per heavy atom. The summed E-state index contributed by atoms with van der Waals surface area (Å²) in [4.78, 5) is 26.8. The van der Waals surface area contributed by atoms with E-state index < -0.39 is 44.8 Å². The minimum absolute atomic E-state index is 1.05. The first-order valence-electron chi connectivity index (χ1n) is 4.21. The van der Waals surface area contributed by atoms with Gasteiger partial charge in [0.05, 0.1) is 6.61 Å².